The highest BCUT2D eigenvalue weighted by Gasteiger charge is 2.11. The van der Waals surface area contributed by atoms with Crippen molar-refractivity contribution in [2.75, 3.05) is 18.5 Å². The molecule has 2 aromatic carbocycles. The Morgan fingerprint density at radius 2 is 1.78 bits per heavy atom. The van der Waals surface area contributed by atoms with Gasteiger partial charge in [-0.15, -0.1) is 0 Å². The summed E-state index contributed by atoms with van der Waals surface area (Å²) in [6, 6.07) is 12.6. The predicted molar refractivity (Wildman–Crippen MR) is 91.2 cm³/mol. The Labute approximate surface area is 139 Å². The molecule has 0 unspecified atom stereocenters. The molecule has 1 N–H and O–H groups in total. The van der Waals surface area contributed by atoms with Crippen molar-refractivity contribution in [3.8, 4) is 11.5 Å². The standard InChI is InChI=1S/C18H16ClNO3/c19-14-5-2-13(3-6-14)4-9-18(21)20-15-7-8-16-17(12-15)23-11-1-10-22-16/h2-9,12H,1,10-11H2,(H,20,21). The number of rotatable bonds is 3. The van der Waals surface area contributed by atoms with Crippen LogP contribution in [-0.2, 0) is 4.79 Å². The Kier molecular flexibility index (Phi) is 4.83. The lowest BCUT2D eigenvalue weighted by Gasteiger charge is -2.09. The SMILES string of the molecule is O=C(C=Cc1ccc(Cl)cc1)Nc1ccc2c(c1)OCCCO2. The minimum absolute atomic E-state index is 0.213. The molecule has 23 heavy (non-hydrogen) atoms. The van der Waals surface area contributed by atoms with Gasteiger partial charge in [0.25, 0.3) is 0 Å². The highest BCUT2D eigenvalue weighted by atomic mass is 35.5. The van der Waals surface area contributed by atoms with E-state index in [1.54, 1.807) is 36.4 Å². The third kappa shape index (κ3) is 4.27. The molecule has 2 aromatic rings. The normalized spacial score (nSPS) is 13.6. The topological polar surface area (TPSA) is 47.6 Å². The zero-order valence-electron chi connectivity index (χ0n) is 12.4. The molecule has 0 radical (unpaired) electrons. The van der Waals surface area contributed by atoms with E-state index in [9.17, 15) is 4.79 Å². The van der Waals surface area contributed by atoms with E-state index in [0.717, 1.165) is 12.0 Å². The van der Waals surface area contributed by atoms with Crippen molar-refractivity contribution >= 4 is 29.3 Å². The van der Waals surface area contributed by atoms with Crippen molar-refractivity contribution in [2.24, 2.45) is 0 Å². The second kappa shape index (κ2) is 7.20. The zero-order valence-corrected chi connectivity index (χ0v) is 13.2. The number of benzene rings is 2. The van der Waals surface area contributed by atoms with Gasteiger partial charge in [0.2, 0.25) is 5.91 Å². The second-order valence-electron chi connectivity index (χ2n) is 5.09. The number of carbonyl (C=O) groups excluding carboxylic acids is 1. The van der Waals surface area contributed by atoms with E-state index in [4.69, 9.17) is 21.1 Å². The molecule has 5 heteroatoms. The van der Waals surface area contributed by atoms with Crippen molar-refractivity contribution < 1.29 is 14.3 Å². The smallest absolute Gasteiger partial charge is 0.248 e. The molecule has 1 heterocycles. The van der Waals surface area contributed by atoms with E-state index >= 15 is 0 Å². The summed E-state index contributed by atoms with van der Waals surface area (Å²) in [5, 5.41) is 3.47. The second-order valence-corrected chi connectivity index (χ2v) is 5.52. The number of hydrogen-bond donors (Lipinski definition) is 1. The average molecular weight is 330 g/mol. The Morgan fingerprint density at radius 1 is 1.04 bits per heavy atom. The van der Waals surface area contributed by atoms with Gasteiger partial charge in [0.05, 0.1) is 13.2 Å². The molecule has 1 amide bonds. The van der Waals surface area contributed by atoms with Crippen molar-refractivity contribution in [3.05, 3.63) is 59.1 Å². The quantitative estimate of drug-likeness (QED) is 0.860. The molecular weight excluding hydrogens is 314 g/mol. The molecule has 0 saturated heterocycles. The van der Waals surface area contributed by atoms with E-state index in [2.05, 4.69) is 5.32 Å². The van der Waals surface area contributed by atoms with Gasteiger partial charge >= 0.3 is 0 Å². The zero-order chi connectivity index (χ0) is 16.1. The van der Waals surface area contributed by atoms with Gasteiger partial charge in [0, 0.05) is 29.3 Å². The number of fused-ring (bicyclic) bond motifs is 1. The van der Waals surface area contributed by atoms with E-state index < -0.39 is 0 Å². The molecular formula is C18H16ClNO3. The Morgan fingerprint density at radius 3 is 2.57 bits per heavy atom. The van der Waals surface area contributed by atoms with Crippen LogP contribution >= 0.6 is 11.6 Å². The number of amides is 1. The van der Waals surface area contributed by atoms with Gasteiger partial charge in [-0.25, -0.2) is 0 Å². The van der Waals surface area contributed by atoms with Crippen LogP contribution in [0.25, 0.3) is 6.08 Å². The van der Waals surface area contributed by atoms with Gasteiger partial charge in [0.15, 0.2) is 11.5 Å². The maximum atomic E-state index is 12.0. The molecule has 0 fully saturated rings. The summed E-state index contributed by atoms with van der Waals surface area (Å²) < 4.78 is 11.2. The molecule has 1 aliphatic heterocycles. The van der Waals surface area contributed by atoms with Crippen LogP contribution in [0.3, 0.4) is 0 Å². The number of hydrogen-bond acceptors (Lipinski definition) is 3. The molecule has 4 nitrogen and oxygen atoms in total. The third-order valence-electron chi connectivity index (χ3n) is 3.31. The first-order chi connectivity index (χ1) is 11.2. The summed E-state index contributed by atoms with van der Waals surface area (Å²) in [7, 11) is 0. The minimum Gasteiger partial charge on any atom is -0.490 e. The van der Waals surface area contributed by atoms with Crippen LogP contribution in [0.5, 0.6) is 11.5 Å². The third-order valence-corrected chi connectivity index (χ3v) is 3.56. The lowest BCUT2D eigenvalue weighted by atomic mass is 10.2. The molecule has 0 saturated carbocycles. The van der Waals surface area contributed by atoms with Crippen LogP contribution in [0.15, 0.2) is 48.5 Å². The summed E-state index contributed by atoms with van der Waals surface area (Å²) >= 11 is 5.83. The maximum Gasteiger partial charge on any atom is 0.248 e. The predicted octanol–water partition coefficient (Wildman–Crippen LogP) is 4.15. The number of anilines is 1. The first-order valence-corrected chi connectivity index (χ1v) is 7.73. The molecule has 0 atom stereocenters. The summed E-state index contributed by atoms with van der Waals surface area (Å²) in [5.41, 5.74) is 1.57. The number of carbonyl (C=O) groups is 1. The van der Waals surface area contributed by atoms with Gasteiger partial charge in [-0.2, -0.15) is 0 Å². The van der Waals surface area contributed by atoms with Crippen molar-refractivity contribution in [1.82, 2.24) is 0 Å². The van der Waals surface area contributed by atoms with Crippen LogP contribution < -0.4 is 14.8 Å². The van der Waals surface area contributed by atoms with Gasteiger partial charge in [0.1, 0.15) is 0 Å². The molecule has 0 aliphatic carbocycles. The monoisotopic (exact) mass is 329 g/mol. The molecule has 0 spiro atoms. The van der Waals surface area contributed by atoms with E-state index in [0.29, 0.717) is 35.4 Å². The molecule has 1 aliphatic rings. The number of nitrogens with one attached hydrogen (secondary N) is 1. The number of ether oxygens (including phenoxy) is 2. The average Bonchev–Trinajstić information content (AvgIpc) is 2.79. The van der Waals surface area contributed by atoms with Gasteiger partial charge in [-0.3, -0.25) is 4.79 Å². The summed E-state index contributed by atoms with van der Waals surface area (Å²) in [5.74, 6) is 1.15. The highest BCUT2D eigenvalue weighted by molar-refractivity contribution is 6.30. The molecule has 0 bridgehead atoms. The minimum atomic E-state index is -0.213. The Balaban J connectivity index is 1.65. The van der Waals surface area contributed by atoms with Crippen LogP contribution in [-0.4, -0.2) is 19.1 Å². The molecule has 118 valence electrons. The highest BCUT2D eigenvalue weighted by Crippen LogP contribution is 2.32. The largest absolute Gasteiger partial charge is 0.490 e. The van der Waals surface area contributed by atoms with Crippen LogP contribution in [0.2, 0.25) is 5.02 Å². The summed E-state index contributed by atoms with van der Waals surface area (Å²) in [4.78, 5) is 12.0. The van der Waals surface area contributed by atoms with Crippen molar-refractivity contribution in [1.29, 1.82) is 0 Å². The van der Waals surface area contributed by atoms with Crippen molar-refractivity contribution in [2.45, 2.75) is 6.42 Å². The van der Waals surface area contributed by atoms with Crippen LogP contribution in [0, 0.1) is 0 Å². The fourth-order valence-corrected chi connectivity index (χ4v) is 2.30. The maximum absolute atomic E-state index is 12.0. The Hall–Kier alpha value is -2.46. The van der Waals surface area contributed by atoms with Gasteiger partial charge in [-0.1, -0.05) is 23.7 Å². The lowest BCUT2D eigenvalue weighted by Crippen LogP contribution is -2.07. The number of halogens is 1. The first-order valence-electron chi connectivity index (χ1n) is 7.35. The summed E-state index contributed by atoms with van der Waals surface area (Å²) in [6.07, 6.45) is 4.06. The van der Waals surface area contributed by atoms with Gasteiger partial charge in [-0.05, 0) is 35.9 Å². The van der Waals surface area contributed by atoms with E-state index in [1.165, 1.54) is 6.08 Å². The lowest BCUT2D eigenvalue weighted by molar-refractivity contribution is -0.111. The fourth-order valence-electron chi connectivity index (χ4n) is 2.17. The van der Waals surface area contributed by atoms with Gasteiger partial charge < -0.3 is 14.8 Å². The van der Waals surface area contributed by atoms with Crippen molar-refractivity contribution in [3.63, 3.8) is 0 Å². The molecule has 0 aromatic heterocycles. The first kappa shape index (κ1) is 15.4. The fraction of sp³-hybridized carbons (Fsp3) is 0.167. The van der Waals surface area contributed by atoms with Crippen LogP contribution in [0.1, 0.15) is 12.0 Å². The van der Waals surface area contributed by atoms with E-state index in [-0.39, 0.29) is 5.91 Å². The Bertz CT molecular complexity index is 726. The molecule has 3 rings (SSSR count). The van der Waals surface area contributed by atoms with E-state index in [1.807, 2.05) is 12.1 Å². The van der Waals surface area contributed by atoms with Crippen LogP contribution in [0.4, 0.5) is 5.69 Å². The summed E-state index contributed by atoms with van der Waals surface area (Å²) in [6.45, 7) is 1.25.